The number of carbonyl (C=O) groups is 2. The molecule has 132 valence electrons. The van der Waals surface area contributed by atoms with Gasteiger partial charge in [0.05, 0.1) is 5.56 Å². The van der Waals surface area contributed by atoms with Gasteiger partial charge in [0.1, 0.15) is 11.9 Å². The lowest BCUT2D eigenvalue weighted by Crippen LogP contribution is -2.47. The van der Waals surface area contributed by atoms with Gasteiger partial charge in [-0.2, -0.15) is 0 Å². The van der Waals surface area contributed by atoms with Crippen LogP contribution < -0.4 is 10.6 Å². The molecule has 4 nitrogen and oxygen atoms in total. The summed E-state index contributed by atoms with van der Waals surface area (Å²) in [5, 5.41) is 5.47. The maximum atomic E-state index is 13.8. The van der Waals surface area contributed by atoms with Gasteiger partial charge in [-0.1, -0.05) is 26.0 Å². The lowest BCUT2D eigenvalue weighted by Gasteiger charge is -2.22. The van der Waals surface area contributed by atoms with E-state index in [4.69, 9.17) is 0 Å². The van der Waals surface area contributed by atoms with Crippen LogP contribution in [-0.4, -0.2) is 17.9 Å². The Bertz CT molecular complexity index is 793. The van der Waals surface area contributed by atoms with Crippen LogP contribution in [-0.2, 0) is 4.79 Å². The molecule has 0 radical (unpaired) electrons. The maximum absolute atomic E-state index is 13.8. The van der Waals surface area contributed by atoms with Crippen LogP contribution >= 0.6 is 22.6 Å². The fourth-order valence-electron chi connectivity index (χ4n) is 2.38. The van der Waals surface area contributed by atoms with E-state index in [0.717, 1.165) is 9.13 Å². The number of carbonyl (C=O) groups excluding carboxylic acids is 2. The summed E-state index contributed by atoms with van der Waals surface area (Å²) >= 11 is 2.20. The van der Waals surface area contributed by atoms with Crippen LogP contribution in [0.4, 0.5) is 10.1 Å². The molecule has 2 N–H and O–H groups in total. The first-order valence-corrected chi connectivity index (χ1v) is 9.00. The van der Waals surface area contributed by atoms with Gasteiger partial charge < -0.3 is 10.6 Å². The monoisotopic (exact) mass is 454 g/mol. The molecule has 2 amide bonds. The van der Waals surface area contributed by atoms with Crippen LogP contribution in [0.15, 0.2) is 42.5 Å². The molecule has 2 aromatic rings. The quantitative estimate of drug-likeness (QED) is 0.668. The highest BCUT2D eigenvalue weighted by Gasteiger charge is 2.26. The Morgan fingerprint density at radius 2 is 1.80 bits per heavy atom. The van der Waals surface area contributed by atoms with Crippen LogP contribution in [0, 0.1) is 22.2 Å². The highest BCUT2D eigenvalue weighted by molar-refractivity contribution is 14.1. The van der Waals surface area contributed by atoms with Crippen LogP contribution in [0.2, 0.25) is 0 Å². The zero-order valence-corrected chi connectivity index (χ0v) is 16.4. The second-order valence-corrected chi connectivity index (χ2v) is 7.37. The highest BCUT2D eigenvalue weighted by atomic mass is 127. The minimum Gasteiger partial charge on any atom is -0.340 e. The summed E-state index contributed by atoms with van der Waals surface area (Å²) in [4.78, 5) is 24.9. The van der Waals surface area contributed by atoms with E-state index in [1.807, 2.05) is 39.0 Å². The molecular formula is C19H20FIN2O2. The largest absolute Gasteiger partial charge is 0.340 e. The molecular weight excluding hydrogens is 434 g/mol. The second-order valence-electron chi connectivity index (χ2n) is 6.12. The number of benzene rings is 2. The molecule has 25 heavy (non-hydrogen) atoms. The molecule has 0 fully saturated rings. The van der Waals surface area contributed by atoms with Gasteiger partial charge in [-0.3, -0.25) is 9.59 Å². The van der Waals surface area contributed by atoms with E-state index >= 15 is 0 Å². The Balaban J connectivity index is 2.16. The van der Waals surface area contributed by atoms with E-state index < -0.39 is 17.8 Å². The second kappa shape index (κ2) is 8.42. The Hall–Kier alpha value is -1.96. The number of rotatable bonds is 5. The summed E-state index contributed by atoms with van der Waals surface area (Å²) in [6, 6.07) is 10.6. The summed E-state index contributed by atoms with van der Waals surface area (Å²) in [5.41, 5.74) is 1.55. The average Bonchev–Trinajstić information content (AvgIpc) is 2.55. The van der Waals surface area contributed by atoms with Crippen molar-refractivity contribution in [3.63, 3.8) is 0 Å². The number of halogens is 2. The van der Waals surface area contributed by atoms with Crippen LogP contribution in [0.5, 0.6) is 0 Å². The number of amides is 2. The first kappa shape index (κ1) is 19.4. The molecule has 1 unspecified atom stereocenters. The molecule has 0 bridgehead atoms. The first-order chi connectivity index (χ1) is 11.8. The van der Waals surface area contributed by atoms with Gasteiger partial charge in [0.15, 0.2) is 0 Å². The predicted octanol–water partition coefficient (Wildman–Crippen LogP) is 4.13. The molecule has 1 atom stereocenters. The molecule has 0 aliphatic rings. The summed E-state index contributed by atoms with van der Waals surface area (Å²) in [5.74, 6) is -1.70. The molecule has 0 aliphatic heterocycles. The molecule has 6 heteroatoms. The Kier molecular flexibility index (Phi) is 6.52. The fourth-order valence-corrected chi connectivity index (χ4v) is 3.02. The third kappa shape index (κ3) is 5.01. The van der Waals surface area contributed by atoms with E-state index in [1.165, 1.54) is 18.2 Å². The Morgan fingerprint density at radius 1 is 1.12 bits per heavy atom. The van der Waals surface area contributed by atoms with Crippen LogP contribution in [0.1, 0.15) is 29.8 Å². The van der Waals surface area contributed by atoms with E-state index in [2.05, 4.69) is 33.2 Å². The van der Waals surface area contributed by atoms with Crippen molar-refractivity contribution < 1.29 is 14.0 Å². The summed E-state index contributed by atoms with van der Waals surface area (Å²) in [7, 11) is 0. The van der Waals surface area contributed by atoms with Gasteiger partial charge in [-0.25, -0.2) is 4.39 Å². The summed E-state index contributed by atoms with van der Waals surface area (Å²) in [6.45, 7) is 5.55. The molecule has 2 rings (SSSR count). The van der Waals surface area contributed by atoms with Crippen molar-refractivity contribution in [3.05, 3.63) is 63.0 Å². The Labute approximate surface area is 160 Å². The van der Waals surface area contributed by atoms with Crippen molar-refractivity contribution in [2.24, 2.45) is 5.92 Å². The highest BCUT2D eigenvalue weighted by Crippen LogP contribution is 2.19. The van der Waals surface area contributed by atoms with E-state index in [1.54, 1.807) is 6.07 Å². The fraction of sp³-hybridized carbons (Fsp3) is 0.263. The standard InChI is InChI=1S/C19H20FIN2O2/c1-11(2)17(23-18(24)14-6-4-5-7-15(14)20)19(25)22-16-9-8-13(21)10-12(16)3/h4-11,17H,1-3H3,(H,22,25)(H,23,24). The molecule has 0 heterocycles. The molecule has 2 aromatic carbocycles. The average molecular weight is 454 g/mol. The van der Waals surface area contributed by atoms with Crippen molar-refractivity contribution in [1.82, 2.24) is 5.32 Å². The number of hydrogen-bond donors (Lipinski definition) is 2. The van der Waals surface area contributed by atoms with Gasteiger partial charge in [-0.05, 0) is 71.3 Å². The molecule has 0 spiro atoms. The number of aryl methyl sites for hydroxylation is 1. The first-order valence-electron chi connectivity index (χ1n) is 7.92. The minimum absolute atomic E-state index is 0.0774. The van der Waals surface area contributed by atoms with Crippen molar-refractivity contribution in [1.29, 1.82) is 0 Å². The lowest BCUT2D eigenvalue weighted by molar-refractivity contribution is -0.118. The van der Waals surface area contributed by atoms with Gasteiger partial charge in [-0.15, -0.1) is 0 Å². The van der Waals surface area contributed by atoms with Gasteiger partial charge >= 0.3 is 0 Å². The molecule has 0 aromatic heterocycles. The Morgan fingerprint density at radius 3 is 2.40 bits per heavy atom. The van der Waals surface area contributed by atoms with Crippen molar-refractivity contribution in [2.45, 2.75) is 26.8 Å². The molecule has 0 aliphatic carbocycles. The lowest BCUT2D eigenvalue weighted by atomic mass is 10.0. The zero-order chi connectivity index (χ0) is 18.6. The van der Waals surface area contributed by atoms with E-state index in [0.29, 0.717) is 5.69 Å². The minimum atomic E-state index is -0.772. The number of anilines is 1. The summed E-state index contributed by atoms with van der Waals surface area (Å²) < 4.78 is 14.8. The summed E-state index contributed by atoms with van der Waals surface area (Å²) in [6.07, 6.45) is 0. The SMILES string of the molecule is Cc1cc(I)ccc1NC(=O)C(NC(=O)c1ccccc1F)C(C)C. The maximum Gasteiger partial charge on any atom is 0.254 e. The van der Waals surface area contributed by atoms with E-state index in [-0.39, 0.29) is 17.4 Å². The van der Waals surface area contributed by atoms with Crippen LogP contribution in [0.3, 0.4) is 0 Å². The third-order valence-electron chi connectivity index (χ3n) is 3.80. The van der Waals surface area contributed by atoms with Crippen molar-refractivity contribution >= 4 is 40.1 Å². The predicted molar refractivity (Wildman–Crippen MR) is 105 cm³/mol. The van der Waals surface area contributed by atoms with Gasteiger partial charge in [0.2, 0.25) is 5.91 Å². The molecule has 0 saturated heterocycles. The third-order valence-corrected chi connectivity index (χ3v) is 4.47. The zero-order valence-electron chi connectivity index (χ0n) is 14.3. The normalized spacial score (nSPS) is 11.9. The topological polar surface area (TPSA) is 58.2 Å². The van der Waals surface area contributed by atoms with E-state index in [9.17, 15) is 14.0 Å². The number of hydrogen-bond acceptors (Lipinski definition) is 2. The molecule has 0 saturated carbocycles. The van der Waals surface area contributed by atoms with Gasteiger partial charge in [0, 0.05) is 9.26 Å². The van der Waals surface area contributed by atoms with Crippen molar-refractivity contribution in [3.8, 4) is 0 Å². The van der Waals surface area contributed by atoms with Crippen molar-refractivity contribution in [2.75, 3.05) is 5.32 Å². The van der Waals surface area contributed by atoms with Crippen LogP contribution in [0.25, 0.3) is 0 Å². The number of nitrogens with one attached hydrogen (secondary N) is 2. The smallest absolute Gasteiger partial charge is 0.254 e. The van der Waals surface area contributed by atoms with Gasteiger partial charge in [0.25, 0.3) is 5.91 Å².